The van der Waals surface area contributed by atoms with E-state index >= 15 is 0 Å². The molecule has 20 heavy (non-hydrogen) atoms. The number of fused-ring (bicyclic) bond motifs is 1. The van der Waals surface area contributed by atoms with Crippen molar-refractivity contribution < 1.29 is 25.2 Å². The minimum absolute atomic E-state index is 0.407. The number of ether oxygens (including phenoxy) is 1. The SMILES string of the molecule is OC[C@H]1OC(O)[C@@H](O)[C@@H]1O.S=c1nc[nH]c2nc[nH]c12. The second-order valence-corrected chi connectivity index (χ2v) is 4.45. The molecule has 3 heterocycles. The van der Waals surface area contributed by atoms with Crippen molar-refractivity contribution in [3.8, 4) is 0 Å². The molecule has 110 valence electrons. The van der Waals surface area contributed by atoms with Crippen molar-refractivity contribution in [3.63, 3.8) is 0 Å². The normalized spacial score (nSPS) is 29.2. The van der Waals surface area contributed by atoms with E-state index in [0.29, 0.717) is 4.64 Å². The van der Waals surface area contributed by atoms with Gasteiger partial charge in [0.05, 0.1) is 19.3 Å². The van der Waals surface area contributed by atoms with E-state index in [9.17, 15) is 0 Å². The lowest BCUT2D eigenvalue weighted by molar-refractivity contribution is -0.132. The van der Waals surface area contributed by atoms with Crippen molar-refractivity contribution in [2.45, 2.75) is 24.6 Å². The van der Waals surface area contributed by atoms with Gasteiger partial charge in [0.2, 0.25) is 0 Å². The molecule has 1 fully saturated rings. The molecule has 0 saturated carbocycles. The molecule has 0 spiro atoms. The summed E-state index contributed by atoms with van der Waals surface area (Å²) in [6, 6.07) is 0. The molecule has 10 heteroatoms. The van der Waals surface area contributed by atoms with Crippen molar-refractivity contribution in [1.82, 2.24) is 19.9 Å². The van der Waals surface area contributed by atoms with Crippen LogP contribution >= 0.6 is 12.2 Å². The lowest BCUT2D eigenvalue weighted by atomic mass is 10.1. The number of hydrogen-bond acceptors (Lipinski definition) is 8. The third-order valence-electron chi connectivity index (χ3n) is 2.75. The van der Waals surface area contributed by atoms with Crippen LogP contribution in [-0.4, -0.2) is 71.6 Å². The van der Waals surface area contributed by atoms with Gasteiger partial charge in [0, 0.05) is 0 Å². The Balaban J connectivity index is 0.000000147. The van der Waals surface area contributed by atoms with Crippen LogP contribution in [0.1, 0.15) is 0 Å². The molecule has 2 aromatic rings. The van der Waals surface area contributed by atoms with E-state index in [1.54, 1.807) is 6.33 Å². The molecule has 1 unspecified atom stereocenters. The molecule has 1 aliphatic rings. The number of aromatic nitrogens is 4. The molecule has 6 N–H and O–H groups in total. The first-order valence-electron chi connectivity index (χ1n) is 5.72. The van der Waals surface area contributed by atoms with Gasteiger partial charge in [0.15, 0.2) is 16.6 Å². The highest BCUT2D eigenvalue weighted by atomic mass is 32.1. The summed E-state index contributed by atoms with van der Waals surface area (Å²) in [6.07, 6.45) is -1.64. The van der Waals surface area contributed by atoms with Crippen LogP contribution < -0.4 is 0 Å². The third kappa shape index (κ3) is 3.00. The molecule has 9 nitrogen and oxygen atoms in total. The molecule has 0 radical (unpaired) electrons. The first-order chi connectivity index (χ1) is 9.54. The first kappa shape index (κ1) is 15.0. The Bertz CT molecular complexity index is 617. The molecule has 0 aliphatic carbocycles. The molecule has 1 saturated heterocycles. The van der Waals surface area contributed by atoms with Crippen molar-refractivity contribution in [1.29, 1.82) is 0 Å². The zero-order valence-electron chi connectivity index (χ0n) is 10.2. The summed E-state index contributed by atoms with van der Waals surface area (Å²) in [5, 5.41) is 35.0. The number of nitrogens with one attached hydrogen (secondary N) is 2. The highest BCUT2D eigenvalue weighted by Gasteiger charge is 2.41. The van der Waals surface area contributed by atoms with Crippen LogP contribution in [0.5, 0.6) is 0 Å². The number of imidazole rings is 1. The number of rotatable bonds is 1. The monoisotopic (exact) mass is 302 g/mol. The predicted molar refractivity (Wildman–Crippen MR) is 69.1 cm³/mol. The van der Waals surface area contributed by atoms with Crippen molar-refractivity contribution >= 4 is 23.4 Å². The Hall–Kier alpha value is -1.43. The van der Waals surface area contributed by atoms with Crippen molar-refractivity contribution in [2.75, 3.05) is 6.61 Å². The topological polar surface area (TPSA) is 148 Å². The minimum atomic E-state index is -1.38. The lowest BCUT2D eigenvalue weighted by Crippen LogP contribution is -2.33. The van der Waals surface area contributed by atoms with Crippen LogP contribution in [0.4, 0.5) is 0 Å². The zero-order chi connectivity index (χ0) is 14.7. The van der Waals surface area contributed by atoms with E-state index in [4.69, 9.17) is 32.6 Å². The number of aromatic amines is 2. The second kappa shape index (κ2) is 6.35. The van der Waals surface area contributed by atoms with Gasteiger partial charge in [0.1, 0.15) is 23.8 Å². The van der Waals surface area contributed by atoms with Crippen LogP contribution in [0.25, 0.3) is 11.2 Å². The maximum atomic E-state index is 8.93. The summed E-state index contributed by atoms with van der Waals surface area (Å²) in [5.41, 5.74) is 1.54. The Morgan fingerprint density at radius 1 is 1.15 bits per heavy atom. The number of hydrogen-bond donors (Lipinski definition) is 6. The second-order valence-electron chi connectivity index (χ2n) is 4.06. The minimum Gasteiger partial charge on any atom is -0.394 e. The quantitative estimate of drug-likeness (QED) is 0.346. The van der Waals surface area contributed by atoms with E-state index in [2.05, 4.69) is 24.7 Å². The standard InChI is InChI=1S/C5H4N4S.C5H10O5/c10-5-3-4(7-1-6-3)8-2-9-5;6-1-2-3(7)4(8)5(9)10-2/h1-2H,(H2,6,7,8,9,10);2-9H,1H2/t;2-,3-,4+,5?/m.1/s1. The molecular formula is C10H14N4O5S. The smallest absolute Gasteiger partial charge is 0.184 e. The fraction of sp³-hybridized carbons (Fsp3) is 0.500. The van der Waals surface area contributed by atoms with Crippen molar-refractivity contribution in [2.24, 2.45) is 0 Å². The third-order valence-corrected chi connectivity index (χ3v) is 3.06. The van der Waals surface area contributed by atoms with Gasteiger partial charge >= 0.3 is 0 Å². The fourth-order valence-corrected chi connectivity index (χ4v) is 1.87. The highest BCUT2D eigenvalue weighted by molar-refractivity contribution is 7.71. The maximum Gasteiger partial charge on any atom is 0.184 e. The predicted octanol–water partition coefficient (Wildman–Crippen LogP) is -1.57. The molecule has 4 atom stereocenters. The summed E-state index contributed by atoms with van der Waals surface area (Å²) >= 11 is 4.91. The highest BCUT2D eigenvalue weighted by Crippen LogP contribution is 2.18. The van der Waals surface area contributed by atoms with Gasteiger partial charge in [0.25, 0.3) is 0 Å². The van der Waals surface area contributed by atoms with Crippen LogP contribution in [-0.2, 0) is 4.74 Å². The number of H-pyrrole nitrogens is 2. The van der Waals surface area contributed by atoms with E-state index in [-0.39, 0.29) is 0 Å². The van der Waals surface area contributed by atoms with E-state index < -0.39 is 31.2 Å². The molecule has 1 aliphatic heterocycles. The van der Waals surface area contributed by atoms with E-state index in [1.807, 2.05) is 0 Å². The average molecular weight is 302 g/mol. The van der Waals surface area contributed by atoms with Crippen LogP contribution in [0.2, 0.25) is 0 Å². The number of nitrogens with zero attached hydrogens (tertiary/aromatic N) is 2. The summed E-state index contributed by atoms with van der Waals surface area (Å²) in [4.78, 5) is 13.6. The van der Waals surface area contributed by atoms with Gasteiger partial charge in [-0.05, 0) is 0 Å². The van der Waals surface area contributed by atoms with Crippen LogP contribution in [0.15, 0.2) is 12.7 Å². The summed E-state index contributed by atoms with van der Waals surface area (Å²) in [5.74, 6) is 0. The molecule has 0 bridgehead atoms. The summed E-state index contributed by atoms with van der Waals surface area (Å²) < 4.78 is 5.09. The van der Waals surface area contributed by atoms with Gasteiger partial charge in [-0.3, -0.25) is 0 Å². The van der Waals surface area contributed by atoms with E-state index in [1.165, 1.54) is 6.33 Å². The summed E-state index contributed by atoms with van der Waals surface area (Å²) in [6.45, 7) is -0.407. The molecule has 0 aromatic carbocycles. The first-order valence-corrected chi connectivity index (χ1v) is 6.12. The van der Waals surface area contributed by atoms with Gasteiger partial charge < -0.3 is 35.1 Å². The van der Waals surface area contributed by atoms with Gasteiger partial charge in [-0.2, -0.15) is 0 Å². The number of aliphatic hydroxyl groups is 4. The van der Waals surface area contributed by atoms with Gasteiger partial charge in [-0.15, -0.1) is 0 Å². The van der Waals surface area contributed by atoms with Crippen LogP contribution in [0.3, 0.4) is 0 Å². The Labute approximate surface area is 117 Å². The van der Waals surface area contributed by atoms with Crippen LogP contribution in [0, 0.1) is 4.64 Å². The van der Waals surface area contributed by atoms with Gasteiger partial charge in [-0.1, -0.05) is 12.2 Å². The number of aliphatic hydroxyl groups excluding tert-OH is 4. The maximum absolute atomic E-state index is 8.93. The molecule has 2 aromatic heterocycles. The Morgan fingerprint density at radius 2 is 1.85 bits per heavy atom. The largest absolute Gasteiger partial charge is 0.394 e. The molecular weight excluding hydrogens is 288 g/mol. The average Bonchev–Trinajstić information content (AvgIpc) is 3.01. The molecule has 0 amide bonds. The fourth-order valence-electron chi connectivity index (χ4n) is 1.66. The lowest BCUT2D eigenvalue weighted by Gasteiger charge is -2.09. The van der Waals surface area contributed by atoms with Gasteiger partial charge in [-0.25, -0.2) is 9.97 Å². The summed E-state index contributed by atoms with van der Waals surface area (Å²) in [7, 11) is 0. The Kier molecular flexibility index (Phi) is 4.75. The zero-order valence-corrected chi connectivity index (χ0v) is 11.0. The van der Waals surface area contributed by atoms with E-state index in [0.717, 1.165) is 11.2 Å². The molecule has 3 rings (SSSR count). The Morgan fingerprint density at radius 3 is 2.35 bits per heavy atom. The van der Waals surface area contributed by atoms with Crippen molar-refractivity contribution in [3.05, 3.63) is 17.3 Å².